The standard InChI is InChI=1S/C61H68N2O4Si/c1-9-11-13-15-17-23-32-62-58(64)54-36-43-35-44-37-55-57(61(67)63(59(55)65)33-24-18-16-14-12-10-2)39-53(44)50(52(43)38-56(54)60(62)66)30-29-49-45-25-19-21-27-47(45)51(48-28-22-20-26-46(48)49)31-34-68(40(3)4,41(5)6)42(7)8/h19-22,25-28,35-42H,9-18,23-24,32-33H2,1-8H3. The molecule has 0 aliphatic heterocycles. The number of hydrogen-bond acceptors (Lipinski definition) is 4. The van der Waals surface area contributed by atoms with Gasteiger partial charge in [-0.3, -0.25) is 28.3 Å². The number of nitrogens with zero attached hydrogens (tertiary/aromatic N) is 2. The quantitative estimate of drug-likeness (QED) is 0.0394. The fourth-order valence-electron chi connectivity index (χ4n) is 11.5. The molecule has 8 rings (SSSR count). The van der Waals surface area contributed by atoms with Crippen molar-refractivity contribution in [1.29, 1.82) is 0 Å². The van der Waals surface area contributed by atoms with Crippen LogP contribution in [0.15, 0.2) is 98.0 Å². The third-order valence-electron chi connectivity index (χ3n) is 15.1. The van der Waals surface area contributed by atoms with Gasteiger partial charge in [-0.25, -0.2) is 0 Å². The zero-order valence-corrected chi connectivity index (χ0v) is 42.7. The average Bonchev–Trinajstić information content (AvgIpc) is 3.69. The van der Waals surface area contributed by atoms with Crippen molar-refractivity contribution in [2.45, 2.75) is 162 Å². The van der Waals surface area contributed by atoms with Crippen LogP contribution in [0.3, 0.4) is 0 Å². The lowest BCUT2D eigenvalue weighted by Gasteiger charge is -2.38. The maximum absolute atomic E-state index is 14.1. The first-order chi connectivity index (χ1) is 32.8. The molecule has 0 atom stereocenters. The maximum atomic E-state index is 14.1. The van der Waals surface area contributed by atoms with E-state index in [0.717, 1.165) is 118 Å². The summed E-state index contributed by atoms with van der Waals surface area (Å²) in [6.45, 7) is 19.2. The average molecular weight is 921 g/mol. The predicted molar refractivity (Wildman–Crippen MR) is 292 cm³/mol. The lowest BCUT2D eigenvalue weighted by Crippen LogP contribution is -2.43. The second-order valence-electron chi connectivity index (χ2n) is 20.3. The van der Waals surface area contributed by atoms with E-state index in [1.54, 1.807) is 0 Å². The lowest BCUT2D eigenvalue weighted by atomic mass is 9.91. The minimum atomic E-state index is -2.06. The summed E-state index contributed by atoms with van der Waals surface area (Å²) in [5.41, 5.74) is 6.88. The van der Waals surface area contributed by atoms with Crippen LogP contribution in [0.4, 0.5) is 0 Å². The number of rotatable bonds is 17. The molecule has 0 aliphatic rings. The van der Waals surface area contributed by atoms with E-state index in [4.69, 9.17) is 0 Å². The maximum Gasteiger partial charge on any atom is 0.261 e. The number of hydrogen-bond donors (Lipinski definition) is 0. The first kappa shape index (κ1) is 48.4. The molecule has 6 nitrogen and oxygen atoms in total. The largest absolute Gasteiger partial charge is 0.274 e. The van der Waals surface area contributed by atoms with Gasteiger partial charge in [0.25, 0.3) is 22.2 Å². The summed E-state index contributed by atoms with van der Waals surface area (Å²) in [4.78, 5) is 56.2. The van der Waals surface area contributed by atoms with E-state index in [-0.39, 0.29) is 22.2 Å². The summed E-state index contributed by atoms with van der Waals surface area (Å²) in [5, 5.41) is 8.54. The van der Waals surface area contributed by atoms with E-state index in [1.807, 2.05) is 42.5 Å². The molecular formula is C61H68N2O4Si. The molecule has 0 aliphatic carbocycles. The monoisotopic (exact) mass is 920 g/mol. The molecule has 0 fully saturated rings. The fourth-order valence-corrected chi connectivity index (χ4v) is 16.7. The molecule has 0 radical (unpaired) electrons. The molecule has 0 N–H and O–H groups in total. The van der Waals surface area contributed by atoms with Gasteiger partial charge < -0.3 is 0 Å². The van der Waals surface area contributed by atoms with E-state index in [9.17, 15) is 19.2 Å². The van der Waals surface area contributed by atoms with Crippen LogP contribution in [0, 0.1) is 23.3 Å². The van der Waals surface area contributed by atoms with Gasteiger partial charge in [0.15, 0.2) is 0 Å². The normalized spacial score (nSPS) is 12.2. The molecule has 7 heteroatoms. The van der Waals surface area contributed by atoms with Crippen molar-refractivity contribution in [2.75, 3.05) is 0 Å². The van der Waals surface area contributed by atoms with Gasteiger partial charge in [-0.15, -0.1) is 5.54 Å². The first-order valence-electron chi connectivity index (χ1n) is 25.6. The summed E-state index contributed by atoms with van der Waals surface area (Å²) in [5.74, 6) is 11.1. The van der Waals surface area contributed by atoms with Gasteiger partial charge in [0.05, 0.1) is 21.5 Å². The molecule has 68 heavy (non-hydrogen) atoms. The SMILES string of the molecule is CCCCCCCCn1c(=O)c2cc3cc4cc5c(=O)n(CCCCCCCC)c(=O)c5cc4c(C#Cc4c5ccccc5c(C#C[Si](C(C)C)(C(C)C)C(C)C)c5ccccc45)c3cc2c1=O. The van der Waals surface area contributed by atoms with E-state index in [0.29, 0.717) is 56.8 Å². The summed E-state index contributed by atoms with van der Waals surface area (Å²) in [6.07, 6.45) is 12.6. The van der Waals surface area contributed by atoms with Crippen molar-refractivity contribution in [3.05, 3.63) is 137 Å². The lowest BCUT2D eigenvalue weighted by molar-refractivity contribution is 0.547. The highest BCUT2D eigenvalue weighted by atomic mass is 28.3. The highest BCUT2D eigenvalue weighted by Gasteiger charge is 2.41. The molecule has 0 saturated heterocycles. The Morgan fingerprint density at radius 1 is 0.397 bits per heavy atom. The molecule has 0 unspecified atom stereocenters. The summed E-state index contributed by atoms with van der Waals surface area (Å²) in [6, 6.07) is 26.1. The number of fused-ring (bicyclic) bond motifs is 6. The molecule has 0 amide bonds. The first-order valence-corrected chi connectivity index (χ1v) is 27.9. The third kappa shape index (κ3) is 8.91. The Hall–Kier alpha value is -6.02. The second kappa shape index (κ2) is 20.7. The van der Waals surface area contributed by atoms with Gasteiger partial charge >= 0.3 is 0 Å². The zero-order chi connectivity index (χ0) is 48.3. The highest BCUT2D eigenvalue weighted by Crippen LogP contribution is 2.42. The molecule has 2 heterocycles. The molecular weight excluding hydrogens is 853 g/mol. The zero-order valence-electron chi connectivity index (χ0n) is 41.7. The third-order valence-corrected chi connectivity index (χ3v) is 21.4. The van der Waals surface area contributed by atoms with Crippen molar-refractivity contribution >= 4 is 72.7 Å². The highest BCUT2D eigenvalue weighted by molar-refractivity contribution is 6.90. The van der Waals surface area contributed by atoms with Gasteiger partial charge in [-0.2, -0.15) is 0 Å². The van der Waals surface area contributed by atoms with Crippen LogP contribution in [0.25, 0.3) is 64.6 Å². The molecule has 6 aromatic carbocycles. The van der Waals surface area contributed by atoms with Crippen LogP contribution in [-0.2, 0) is 13.1 Å². The van der Waals surface area contributed by atoms with Crippen LogP contribution >= 0.6 is 0 Å². The van der Waals surface area contributed by atoms with Crippen molar-refractivity contribution in [3.63, 3.8) is 0 Å². The van der Waals surface area contributed by atoms with Crippen LogP contribution < -0.4 is 22.2 Å². The van der Waals surface area contributed by atoms with Crippen LogP contribution in [0.2, 0.25) is 16.6 Å². The molecule has 350 valence electrons. The summed E-state index contributed by atoms with van der Waals surface area (Å²) >= 11 is 0. The molecule has 8 aromatic rings. The Kier molecular flexibility index (Phi) is 14.7. The number of aromatic nitrogens is 2. The van der Waals surface area contributed by atoms with Crippen molar-refractivity contribution in [1.82, 2.24) is 9.13 Å². The minimum Gasteiger partial charge on any atom is -0.274 e. The minimum absolute atomic E-state index is 0.274. The van der Waals surface area contributed by atoms with Gasteiger partial charge in [-0.1, -0.05) is 186 Å². The molecule has 0 bridgehead atoms. The van der Waals surface area contributed by atoms with Gasteiger partial charge in [0.2, 0.25) is 0 Å². The second-order valence-corrected chi connectivity index (χ2v) is 25.9. The van der Waals surface area contributed by atoms with E-state index >= 15 is 0 Å². The van der Waals surface area contributed by atoms with Gasteiger partial charge in [-0.05, 0) is 103 Å². The van der Waals surface area contributed by atoms with Crippen molar-refractivity contribution < 1.29 is 0 Å². The van der Waals surface area contributed by atoms with Gasteiger partial charge in [0, 0.05) is 29.8 Å². The van der Waals surface area contributed by atoms with Gasteiger partial charge in [0.1, 0.15) is 8.07 Å². The summed E-state index contributed by atoms with van der Waals surface area (Å²) < 4.78 is 2.80. The van der Waals surface area contributed by atoms with E-state index < -0.39 is 8.07 Å². The predicted octanol–water partition coefficient (Wildman–Crippen LogP) is 14.2. The molecule has 2 aromatic heterocycles. The van der Waals surface area contributed by atoms with Crippen LogP contribution in [0.5, 0.6) is 0 Å². The summed E-state index contributed by atoms with van der Waals surface area (Å²) in [7, 11) is -2.06. The smallest absolute Gasteiger partial charge is 0.261 e. The molecule has 0 spiro atoms. The topological polar surface area (TPSA) is 78.1 Å². The number of benzene rings is 6. The Morgan fingerprint density at radius 3 is 1.09 bits per heavy atom. The Balaban J connectivity index is 1.36. The number of unbranched alkanes of at least 4 members (excludes halogenated alkanes) is 10. The van der Waals surface area contributed by atoms with Crippen LogP contribution in [0.1, 0.15) is 149 Å². The fraction of sp³-hybridized carbons (Fsp3) is 0.410. The Labute approximate surface area is 402 Å². The van der Waals surface area contributed by atoms with Crippen molar-refractivity contribution in [3.8, 4) is 23.3 Å². The molecule has 0 saturated carbocycles. The van der Waals surface area contributed by atoms with E-state index in [2.05, 4.69) is 115 Å². The van der Waals surface area contributed by atoms with Crippen LogP contribution in [-0.4, -0.2) is 17.2 Å². The van der Waals surface area contributed by atoms with Crippen molar-refractivity contribution in [2.24, 2.45) is 0 Å². The Morgan fingerprint density at radius 2 is 0.721 bits per heavy atom. The Bertz CT molecular complexity index is 3320. The van der Waals surface area contributed by atoms with E-state index in [1.165, 1.54) is 22.0 Å².